The number of fused-ring (bicyclic) bond motifs is 1. The third kappa shape index (κ3) is 4.34. The topological polar surface area (TPSA) is 83.8 Å². The van der Waals surface area contributed by atoms with Gasteiger partial charge in [0.1, 0.15) is 0 Å². The number of para-hydroxylation sites is 2. The standard InChI is InChI=1S/C21H24N4OS/c22-15-9-11-16(12-10-15)23-20(26)17-6-2-1-5-14(17)13-27-21-24-18-7-3-4-8-19(18)25-21/h1-8,15-16H,9-13,22H2,(H,23,26)(H,24,25). The van der Waals surface area contributed by atoms with Gasteiger partial charge in [0.15, 0.2) is 5.16 Å². The van der Waals surface area contributed by atoms with Crippen LogP contribution in [0.5, 0.6) is 0 Å². The first-order chi connectivity index (χ1) is 13.2. The molecule has 1 amide bonds. The fraction of sp³-hybridized carbons (Fsp3) is 0.333. The highest BCUT2D eigenvalue weighted by atomic mass is 32.2. The molecule has 0 aliphatic heterocycles. The first-order valence-electron chi connectivity index (χ1n) is 9.41. The third-order valence-corrected chi connectivity index (χ3v) is 6.02. The van der Waals surface area contributed by atoms with Crippen molar-refractivity contribution in [1.29, 1.82) is 0 Å². The van der Waals surface area contributed by atoms with Crippen LogP contribution in [0.15, 0.2) is 53.7 Å². The third-order valence-electron chi connectivity index (χ3n) is 5.10. The Morgan fingerprint density at radius 1 is 1.11 bits per heavy atom. The molecule has 1 saturated carbocycles. The lowest BCUT2D eigenvalue weighted by atomic mass is 9.91. The van der Waals surface area contributed by atoms with Gasteiger partial charge in [-0.15, -0.1) is 0 Å². The molecule has 27 heavy (non-hydrogen) atoms. The average molecular weight is 381 g/mol. The summed E-state index contributed by atoms with van der Waals surface area (Å²) in [5.41, 5.74) is 9.72. The number of nitrogens with one attached hydrogen (secondary N) is 2. The zero-order valence-corrected chi connectivity index (χ0v) is 16.0. The van der Waals surface area contributed by atoms with Gasteiger partial charge in [-0.05, 0) is 49.4 Å². The van der Waals surface area contributed by atoms with E-state index >= 15 is 0 Å². The lowest BCUT2D eigenvalue weighted by Crippen LogP contribution is -2.40. The van der Waals surface area contributed by atoms with E-state index in [2.05, 4.69) is 15.3 Å². The van der Waals surface area contributed by atoms with Crippen LogP contribution in [0.4, 0.5) is 0 Å². The van der Waals surface area contributed by atoms with Gasteiger partial charge >= 0.3 is 0 Å². The van der Waals surface area contributed by atoms with Gasteiger partial charge in [0.25, 0.3) is 5.91 Å². The SMILES string of the molecule is NC1CCC(NC(=O)c2ccccc2CSc2nc3ccccc3[nH]2)CC1. The van der Waals surface area contributed by atoms with E-state index < -0.39 is 0 Å². The van der Waals surface area contributed by atoms with E-state index in [0.717, 1.165) is 53.0 Å². The largest absolute Gasteiger partial charge is 0.349 e. The van der Waals surface area contributed by atoms with Crippen LogP contribution in [0, 0.1) is 0 Å². The van der Waals surface area contributed by atoms with Gasteiger partial charge in [0.05, 0.1) is 11.0 Å². The van der Waals surface area contributed by atoms with E-state index in [1.807, 2.05) is 48.5 Å². The van der Waals surface area contributed by atoms with E-state index in [-0.39, 0.29) is 18.0 Å². The first kappa shape index (κ1) is 18.1. The Hall–Kier alpha value is -2.31. The second kappa shape index (κ2) is 8.15. The summed E-state index contributed by atoms with van der Waals surface area (Å²) < 4.78 is 0. The Morgan fingerprint density at radius 3 is 2.67 bits per heavy atom. The summed E-state index contributed by atoms with van der Waals surface area (Å²) >= 11 is 1.61. The second-order valence-electron chi connectivity index (χ2n) is 7.09. The molecule has 3 aromatic rings. The van der Waals surface area contributed by atoms with Crippen molar-refractivity contribution in [2.24, 2.45) is 5.73 Å². The first-order valence-corrected chi connectivity index (χ1v) is 10.4. The Morgan fingerprint density at radius 2 is 1.85 bits per heavy atom. The second-order valence-corrected chi connectivity index (χ2v) is 8.05. The number of hydrogen-bond acceptors (Lipinski definition) is 4. The molecule has 0 atom stereocenters. The molecule has 0 bridgehead atoms. The molecular formula is C21H24N4OS. The van der Waals surface area contributed by atoms with E-state index in [9.17, 15) is 4.79 Å². The molecule has 0 saturated heterocycles. The molecule has 6 heteroatoms. The Balaban J connectivity index is 1.43. The predicted octanol–water partition coefficient (Wildman–Crippen LogP) is 3.85. The number of aromatic amines is 1. The van der Waals surface area contributed by atoms with Crippen molar-refractivity contribution in [2.45, 2.75) is 48.7 Å². The molecule has 1 heterocycles. The number of hydrogen-bond donors (Lipinski definition) is 3. The van der Waals surface area contributed by atoms with Crippen LogP contribution in [0.25, 0.3) is 11.0 Å². The Labute approximate surface area is 163 Å². The van der Waals surface area contributed by atoms with E-state index in [1.54, 1.807) is 11.8 Å². The van der Waals surface area contributed by atoms with Crippen molar-refractivity contribution in [3.05, 3.63) is 59.7 Å². The average Bonchev–Trinajstić information content (AvgIpc) is 3.11. The van der Waals surface area contributed by atoms with Gasteiger partial charge < -0.3 is 16.0 Å². The summed E-state index contributed by atoms with van der Waals surface area (Å²) in [5, 5.41) is 4.06. The quantitative estimate of drug-likeness (QED) is 0.587. The smallest absolute Gasteiger partial charge is 0.251 e. The van der Waals surface area contributed by atoms with Crippen molar-refractivity contribution in [2.75, 3.05) is 0 Å². The number of carbonyl (C=O) groups is 1. The Bertz CT molecular complexity index is 898. The van der Waals surface area contributed by atoms with Gasteiger partial charge in [0, 0.05) is 23.4 Å². The molecule has 4 N–H and O–H groups in total. The van der Waals surface area contributed by atoms with Crippen LogP contribution in [-0.4, -0.2) is 28.0 Å². The van der Waals surface area contributed by atoms with E-state index in [0.29, 0.717) is 5.75 Å². The van der Waals surface area contributed by atoms with Crippen molar-refractivity contribution >= 4 is 28.7 Å². The summed E-state index contributed by atoms with van der Waals surface area (Å²) in [6.07, 6.45) is 3.88. The molecule has 2 aromatic carbocycles. The minimum absolute atomic E-state index is 0.0104. The van der Waals surface area contributed by atoms with Crippen LogP contribution in [-0.2, 0) is 5.75 Å². The van der Waals surface area contributed by atoms with Crippen LogP contribution in [0.3, 0.4) is 0 Å². The molecule has 5 nitrogen and oxygen atoms in total. The van der Waals surface area contributed by atoms with Gasteiger partial charge in [-0.3, -0.25) is 4.79 Å². The highest BCUT2D eigenvalue weighted by Gasteiger charge is 2.21. The summed E-state index contributed by atoms with van der Waals surface area (Å²) in [6.45, 7) is 0. The maximum Gasteiger partial charge on any atom is 0.251 e. The molecule has 1 aliphatic rings. The van der Waals surface area contributed by atoms with E-state index in [1.165, 1.54) is 0 Å². The number of thioether (sulfide) groups is 1. The van der Waals surface area contributed by atoms with Crippen LogP contribution in [0.1, 0.15) is 41.6 Å². The zero-order chi connectivity index (χ0) is 18.6. The number of H-pyrrole nitrogens is 1. The number of rotatable bonds is 5. The van der Waals surface area contributed by atoms with Crippen molar-refractivity contribution in [3.8, 4) is 0 Å². The van der Waals surface area contributed by atoms with Crippen molar-refractivity contribution in [3.63, 3.8) is 0 Å². The minimum atomic E-state index is 0.0104. The zero-order valence-electron chi connectivity index (χ0n) is 15.2. The van der Waals surface area contributed by atoms with Gasteiger partial charge in [-0.1, -0.05) is 42.1 Å². The Kier molecular flexibility index (Phi) is 5.45. The highest BCUT2D eigenvalue weighted by Crippen LogP contribution is 2.25. The van der Waals surface area contributed by atoms with Crippen molar-refractivity contribution < 1.29 is 4.79 Å². The molecule has 0 radical (unpaired) electrons. The predicted molar refractivity (Wildman–Crippen MR) is 110 cm³/mol. The normalized spacial score (nSPS) is 19.9. The molecular weight excluding hydrogens is 356 g/mol. The molecule has 0 spiro atoms. The minimum Gasteiger partial charge on any atom is -0.349 e. The maximum atomic E-state index is 12.8. The molecule has 4 rings (SSSR count). The van der Waals surface area contributed by atoms with Gasteiger partial charge in [-0.2, -0.15) is 0 Å². The number of aromatic nitrogens is 2. The number of nitrogens with zero attached hydrogens (tertiary/aromatic N) is 1. The number of imidazole rings is 1. The number of benzene rings is 2. The van der Waals surface area contributed by atoms with E-state index in [4.69, 9.17) is 5.73 Å². The molecule has 1 fully saturated rings. The molecule has 140 valence electrons. The summed E-state index contributed by atoms with van der Waals surface area (Å²) in [6, 6.07) is 16.3. The monoisotopic (exact) mass is 380 g/mol. The number of amides is 1. The van der Waals surface area contributed by atoms with Gasteiger partial charge in [-0.25, -0.2) is 4.98 Å². The molecule has 0 unspecified atom stereocenters. The lowest BCUT2D eigenvalue weighted by Gasteiger charge is -2.27. The van der Waals surface area contributed by atoms with Crippen molar-refractivity contribution in [1.82, 2.24) is 15.3 Å². The summed E-state index contributed by atoms with van der Waals surface area (Å²) in [7, 11) is 0. The van der Waals surface area contributed by atoms with Crippen LogP contribution >= 0.6 is 11.8 Å². The molecule has 1 aliphatic carbocycles. The van der Waals surface area contributed by atoms with Gasteiger partial charge in [0.2, 0.25) is 0 Å². The maximum absolute atomic E-state index is 12.8. The lowest BCUT2D eigenvalue weighted by molar-refractivity contribution is 0.0925. The molecule has 1 aromatic heterocycles. The van der Waals surface area contributed by atoms with Crippen LogP contribution < -0.4 is 11.1 Å². The summed E-state index contributed by atoms with van der Waals surface area (Å²) in [5.74, 6) is 0.704. The fourth-order valence-electron chi connectivity index (χ4n) is 3.54. The number of carbonyl (C=O) groups excluding carboxylic acids is 1. The highest BCUT2D eigenvalue weighted by molar-refractivity contribution is 7.98. The van der Waals surface area contributed by atoms with Crippen LogP contribution in [0.2, 0.25) is 0 Å². The summed E-state index contributed by atoms with van der Waals surface area (Å²) in [4.78, 5) is 20.7. The fourth-order valence-corrected chi connectivity index (χ4v) is 4.43. The number of nitrogens with two attached hydrogens (primary N) is 1.